The van der Waals surface area contributed by atoms with E-state index in [0.717, 1.165) is 24.0 Å². The Bertz CT molecular complexity index is 526. The van der Waals surface area contributed by atoms with E-state index in [4.69, 9.17) is 0 Å². The van der Waals surface area contributed by atoms with Gasteiger partial charge < -0.3 is 10.6 Å². The van der Waals surface area contributed by atoms with Crippen LogP contribution < -0.4 is 10.6 Å². The summed E-state index contributed by atoms with van der Waals surface area (Å²) in [6.07, 6.45) is 9.73. The third kappa shape index (κ3) is 8.14. The smallest absolute Gasteiger partial charge is 0.313 e. The van der Waals surface area contributed by atoms with Gasteiger partial charge in [-0.3, -0.25) is 9.59 Å². The maximum atomic E-state index is 11.9. The van der Waals surface area contributed by atoms with E-state index >= 15 is 0 Å². The summed E-state index contributed by atoms with van der Waals surface area (Å²) in [5.74, 6) is -1.15. The van der Waals surface area contributed by atoms with Crippen molar-refractivity contribution in [3.05, 3.63) is 29.3 Å². The Balaban J connectivity index is 2.15. The predicted molar refractivity (Wildman–Crippen MR) is 100 cm³/mol. The van der Waals surface area contributed by atoms with E-state index < -0.39 is 11.8 Å². The molecule has 4 heteroatoms. The van der Waals surface area contributed by atoms with Crippen molar-refractivity contribution in [2.75, 3.05) is 11.9 Å². The van der Waals surface area contributed by atoms with Gasteiger partial charge in [0.1, 0.15) is 0 Å². The first-order valence-electron chi connectivity index (χ1n) is 9.21. The van der Waals surface area contributed by atoms with Crippen LogP contribution in [0.15, 0.2) is 18.2 Å². The van der Waals surface area contributed by atoms with Crippen LogP contribution in [0, 0.1) is 13.8 Å². The van der Waals surface area contributed by atoms with Crippen molar-refractivity contribution in [3.8, 4) is 0 Å². The zero-order valence-electron chi connectivity index (χ0n) is 15.4. The van der Waals surface area contributed by atoms with E-state index in [9.17, 15) is 9.59 Å². The second-order valence-corrected chi connectivity index (χ2v) is 6.50. The van der Waals surface area contributed by atoms with Gasteiger partial charge in [0.05, 0.1) is 0 Å². The normalized spacial score (nSPS) is 10.5. The monoisotopic (exact) mass is 332 g/mol. The van der Waals surface area contributed by atoms with Crippen molar-refractivity contribution in [3.63, 3.8) is 0 Å². The molecule has 0 saturated carbocycles. The molecule has 2 amide bonds. The molecular formula is C20H32N2O2. The molecule has 2 N–H and O–H groups in total. The van der Waals surface area contributed by atoms with Crippen LogP contribution in [0.2, 0.25) is 0 Å². The number of rotatable bonds is 10. The Kier molecular flexibility index (Phi) is 9.81. The van der Waals surface area contributed by atoms with Crippen molar-refractivity contribution in [1.29, 1.82) is 0 Å². The quantitative estimate of drug-likeness (QED) is 0.489. The maximum Gasteiger partial charge on any atom is 0.313 e. The number of carbonyl (C=O) groups is 2. The van der Waals surface area contributed by atoms with Crippen LogP contribution in [0.4, 0.5) is 5.69 Å². The molecular weight excluding hydrogens is 300 g/mol. The average molecular weight is 332 g/mol. The number of unbranched alkanes of at least 4 members (excludes halogenated alkanes) is 7. The Morgan fingerprint density at radius 2 is 1.50 bits per heavy atom. The fourth-order valence-electron chi connectivity index (χ4n) is 2.67. The molecule has 0 unspecified atom stereocenters. The highest BCUT2D eigenvalue weighted by Crippen LogP contribution is 2.15. The van der Waals surface area contributed by atoms with E-state index in [1.165, 1.54) is 38.5 Å². The van der Waals surface area contributed by atoms with Gasteiger partial charge in [-0.15, -0.1) is 0 Å². The van der Waals surface area contributed by atoms with Gasteiger partial charge in [-0.05, 0) is 31.9 Å². The molecule has 0 saturated heterocycles. The van der Waals surface area contributed by atoms with Gasteiger partial charge in [0, 0.05) is 12.2 Å². The molecule has 24 heavy (non-hydrogen) atoms. The lowest BCUT2D eigenvalue weighted by Gasteiger charge is -2.09. The standard InChI is InChI=1S/C20H32N2O2/c1-4-5-6-7-8-9-10-11-14-21-19(23)20(24)22-18-13-12-16(2)15-17(18)3/h12-13,15H,4-11,14H2,1-3H3,(H,21,23)(H,22,24). The molecule has 0 atom stereocenters. The number of carbonyl (C=O) groups excluding carboxylic acids is 2. The van der Waals surface area contributed by atoms with Gasteiger partial charge in [0.2, 0.25) is 0 Å². The number of nitrogens with one attached hydrogen (secondary N) is 2. The summed E-state index contributed by atoms with van der Waals surface area (Å²) < 4.78 is 0. The molecule has 0 radical (unpaired) electrons. The Labute approximate surface area is 146 Å². The first-order chi connectivity index (χ1) is 11.5. The number of benzene rings is 1. The van der Waals surface area contributed by atoms with Gasteiger partial charge in [-0.1, -0.05) is 69.6 Å². The number of hydrogen-bond donors (Lipinski definition) is 2. The number of hydrogen-bond acceptors (Lipinski definition) is 2. The second-order valence-electron chi connectivity index (χ2n) is 6.50. The van der Waals surface area contributed by atoms with Crippen LogP contribution in [0.25, 0.3) is 0 Å². The molecule has 0 aromatic heterocycles. The molecule has 1 aromatic rings. The molecule has 0 aliphatic rings. The highest BCUT2D eigenvalue weighted by atomic mass is 16.2. The van der Waals surface area contributed by atoms with Crippen LogP contribution in [-0.2, 0) is 9.59 Å². The van der Waals surface area contributed by atoms with Crippen LogP contribution >= 0.6 is 0 Å². The van der Waals surface area contributed by atoms with Gasteiger partial charge in [0.25, 0.3) is 0 Å². The minimum atomic E-state index is -0.596. The molecule has 1 rings (SSSR count). The largest absolute Gasteiger partial charge is 0.348 e. The zero-order valence-corrected chi connectivity index (χ0v) is 15.4. The van der Waals surface area contributed by atoms with Crippen LogP contribution in [0.5, 0.6) is 0 Å². The van der Waals surface area contributed by atoms with E-state index in [1.807, 2.05) is 32.0 Å². The van der Waals surface area contributed by atoms with Gasteiger partial charge >= 0.3 is 11.8 Å². The third-order valence-corrected chi connectivity index (χ3v) is 4.15. The molecule has 4 nitrogen and oxygen atoms in total. The van der Waals surface area contributed by atoms with Crippen molar-refractivity contribution < 1.29 is 9.59 Å². The lowest BCUT2D eigenvalue weighted by Crippen LogP contribution is -2.36. The molecule has 0 aliphatic heterocycles. The molecule has 0 bridgehead atoms. The van der Waals surface area contributed by atoms with Gasteiger partial charge in [-0.2, -0.15) is 0 Å². The predicted octanol–water partition coefficient (Wildman–Crippen LogP) is 4.50. The first kappa shape index (κ1) is 20.2. The summed E-state index contributed by atoms with van der Waals surface area (Å²) in [6.45, 7) is 6.70. The van der Waals surface area contributed by atoms with Gasteiger partial charge in [-0.25, -0.2) is 0 Å². The van der Waals surface area contributed by atoms with Crippen molar-refractivity contribution in [2.24, 2.45) is 0 Å². The minimum Gasteiger partial charge on any atom is -0.348 e. The number of aryl methyl sites for hydroxylation is 2. The summed E-state index contributed by atoms with van der Waals surface area (Å²) >= 11 is 0. The van der Waals surface area contributed by atoms with E-state index in [1.54, 1.807) is 0 Å². The minimum absolute atomic E-state index is 0.557. The fourth-order valence-corrected chi connectivity index (χ4v) is 2.67. The SMILES string of the molecule is CCCCCCCCCCNC(=O)C(=O)Nc1ccc(C)cc1C. The van der Waals surface area contributed by atoms with Crippen LogP contribution in [0.1, 0.15) is 69.4 Å². The molecule has 1 aromatic carbocycles. The molecule has 0 spiro atoms. The summed E-state index contributed by atoms with van der Waals surface area (Å²) in [6, 6.07) is 5.73. The van der Waals surface area contributed by atoms with E-state index in [-0.39, 0.29) is 0 Å². The molecule has 134 valence electrons. The number of amides is 2. The highest BCUT2D eigenvalue weighted by molar-refractivity contribution is 6.39. The fraction of sp³-hybridized carbons (Fsp3) is 0.600. The Morgan fingerprint density at radius 1 is 0.875 bits per heavy atom. The molecule has 0 heterocycles. The van der Waals surface area contributed by atoms with Crippen LogP contribution in [-0.4, -0.2) is 18.4 Å². The third-order valence-electron chi connectivity index (χ3n) is 4.15. The molecule has 0 fully saturated rings. The van der Waals surface area contributed by atoms with E-state index in [0.29, 0.717) is 12.2 Å². The second kappa shape index (κ2) is 11.7. The lowest BCUT2D eigenvalue weighted by atomic mass is 10.1. The summed E-state index contributed by atoms with van der Waals surface area (Å²) in [4.78, 5) is 23.7. The lowest BCUT2D eigenvalue weighted by molar-refractivity contribution is -0.136. The summed E-state index contributed by atoms with van der Waals surface area (Å²) in [5.41, 5.74) is 2.77. The first-order valence-corrected chi connectivity index (χ1v) is 9.21. The average Bonchev–Trinajstić information content (AvgIpc) is 2.55. The Hall–Kier alpha value is -1.84. The maximum absolute atomic E-state index is 11.9. The highest BCUT2D eigenvalue weighted by Gasteiger charge is 2.13. The summed E-state index contributed by atoms with van der Waals surface area (Å²) in [7, 11) is 0. The van der Waals surface area contributed by atoms with Gasteiger partial charge in [0.15, 0.2) is 0 Å². The number of anilines is 1. The van der Waals surface area contributed by atoms with Crippen molar-refractivity contribution >= 4 is 17.5 Å². The Morgan fingerprint density at radius 3 is 2.12 bits per heavy atom. The van der Waals surface area contributed by atoms with Crippen molar-refractivity contribution in [1.82, 2.24) is 5.32 Å². The summed E-state index contributed by atoms with van der Waals surface area (Å²) in [5, 5.41) is 5.36. The van der Waals surface area contributed by atoms with Crippen LogP contribution in [0.3, 0.4) is 0 Å². The molecule has 0 aliphatic carbocycles. The van der Waals surface area contributed by atoms with Crippen molar-refractivity contribution in [2.45, 2.75) is 72.1 Å². The topological polar surface area (TPSA) is 58.2 Å². The zero-order chi connectivity index (χ0) is 17.8. The van der Waals surface area contributed by atoms with E-state index in [2.05, 4.69) is 17.6 Å².